The smallest absolute Gasteiger partial charge is 0.321 e. The quantitative estimate of drug-likeness (QED) is 0.150. The number of nitrogens with zero attached hydrogens (tertiary/aromatic N) is 5. The van der Waals surface area contributed by atoms with E-state index in [1.165, 1.54) is 41.9 Å². The number of urea groups is 1. The zero-order chi connectivity index (χ0) is 35.8. The van der Waals surface area contributed by atoms with E-state index in [0.29, 0.717) is 31.0 Å². The van der Waals surface area contributed by atoms with Crippen LogP contribution in [0.5, 0.6) is 0 Å². The number of benzene rings is 2. The number of aryl methyl sites for hydroxylation is 1. The summed E-state index contributed by atoms with van der Waals surface area (Å²) in [6.07, 6.45) is 0.263. The Balaban J connectivity index is 1.39. The van der Waals surface area contributed by atoms with E-state index in [0.717, 1.165) is 20.6 Å². The van der Waals surface area contributed by atoms with Gasteiger partial charge in [0, 0.05) is 25.0 Å². The van der Waals surface area contributed by atoms with Crippen molar-refractivity contribution < 1.29 is 27.5 Å². The summed E-state index contributed by atoms with van der Waals surface area (Å²) in [4.78, 5) is 46.1. The van der Waals surface area contributed by atoms with E-state index in [-0.39, 0.29) is 42.9 Å². The zero-order valence-corrected chi connectivity index (χ0v) is 29.8. The number of hydrogen-bond acceptors (Lipinski definition) is 10. The van der Waals surface area contributed by atoms with Crippen molar-refractivity contribution in [1.29, 1.82) is 0 Å². The fourth-order valence-corrected chi connectivity index (χ4v) is 8.08. The number of nitroso groups, excluding NO2 is 1. The Labute approximate surface area is 295 Å². The summed E-state index contributed by atoms with van der Waals surface area (Å²) in [5.41, 5.74) is 2.17. The van der Waals surface area contributed by atoms with Crippen LogP contribution in [0.25, 0.3) is 0 Å². The maximum atomic E-state index is 14.1. The highest BCUT2D eigenvalue weighted by Gasteiger charge is 2.40. The number of rotatable bonds is 17. The van der Waals surface area contributed by atoms with Gasteiger partial charge in [0.1, 0.15) is 18.3 Å². The van der Waals surface area contributed by atoms with Gasteiger partial charge in [0.05, 0.1) is 47.1 Å². The number of aliphatic hydroxyl groups excluding tert-OH is 1. The molecule has 0 unspecified atom stereocenters. The van der Waals surface area contributed by atoms with Crippen LogP contribution in [0, 0.1) is 17.7 Å². The number of amides is 3. The van der Waals surface area contributed by atoms with Crippen molar-refractivity contribution in [3.63, 3.8) is 0 Å². The Morgan fingerprint density at radius 3 is 2.44 bits per heavy atom. The Bertz CT molecular complexity index is 1830. The molecule has 1 aliphatic rings. The highest BCUT2D eigenvalue weighted by Crippen LogP contribution is 2.24. The Morgan fingerprint density at radius 1 is 1.08 bits per heavy atom. The highest BCUT2D eigenvalue weighted by atomic mass is 32.2. The molecular formula is C35H42N6O7S2. The van der Waals surface area contributed by atoms with Crippen LogP contribution in [0.3, 0.4) is 0 Å². The van der Waals surface area contributed by atoms with Crippen molar-refractivity contribution >= 4 is 33.3 Å². The van der Waals surface area contributed by atoms with Crippen LogP contribution in [0.1, 0.15) is 41.4 Å². The third-order valence-electron chi connectivity index (χ3n) is 8.58. The van der Waals surface area contributed by atoms with Gasteiger partial charge in [-0.2, -0.15) is 9.21 Å². The molecule has 1 fully saturated rings. The molecular weight excluding hydrogens is 681 g/mol. The van der Waals surface area contributed by atoms with Crippen LogP contribution in [0.4, 0.5) is 4.79 Å². The van der Waals surface area contributed by atoms with Gasteiger partial charge in [-0.3, -0.25) is 4.79 Å². The predicted octanol–water partition coefficient (Wildman–Crippen LogP) is 4.55. The minimum Gasteiger partial charge on any atom is -0.468 e. The summed E-state index contributed by atoms with van der Waals surface area (Å²) in [6, 6.07) is 16.3. The van der Waals surface area contributed by atoms with Gasteiger partial charge in [-0.05, 0) is 54.7 Å². The van der Waals surface area contributed by atoms with Crippen molar-refractivity contribution in [2.24, 2.45) is 11.1 Å². The van der Waals surface area contributed by atoms with E-state index in [1.54, 1.807) is 21.9 Å². The van der Waals surface area contributed by atoms with Crippen molar-refractivity contribution in [2.45, 2.75) is 69.9 Å². The fraction of sp³-hybridized carbons (Fsp3) is 0.400. The van der Waals surface area contributed by atoms with Gasteiger partial charge in [0.25, 0.3) is 0 Å². The van der Waals surface area contributed by atoms with E-state index >= 15 is 0 Å². The van der Waals surface area contributed by atoms with Gasteiger partial charge < -0.3 is 24.6 Å². The molecule has 0 aliphatic carbocycles. The summed E-state index contributed by atoms with van der Waals surface area (Å²) in [7, 11) is -4.19. The monoisotopic (exact) mass is 722 g/mol. The lowest BCUT2D eigenvalue weighted by atomic mass is 9.98. The summed E-state index contributed by atoms with van der Waals surface area (Å²) >= 11 is 1.51. The molecule has 13 nitrogen and oxygen atoms in total. The lowest BCUT2D eigenvalue weighted by Gasteiger charge is -2.34. The Morgan fingerprint density at radius 2 is 1.82 bits per heavy atom. The highest BCUT2D eigenvalue weighted by molar-refractivity contribution is 7.89. The number of nitrogens with one attached hydrogen (secondary N) is 1. The molecule has 266 valence electrons. The number of furan rings is 1. The average molecular weight is 723 g/mol. The molecule has 2 aromatic carbocycles. The first-order valence-corrected chi connectivity index (χ1v) is 18.7. The molecule has 3 amide bonds. The van der Waals surface area contributed by atoms with E-state index in [4.69, 9.17) is 4.42 Å². The number of aromatic nitrogens is 1. The van der Waals surface area contributed by atoms with Crippen molar-refractivity contribution in [2.75, 3.05) is 19.6 Å². The van der Waals surface area contributed by atoms with Gasteiger partial charge in [-0.25, -0.2) is 18.2 Å². The first-order valence-electron chi connectivity index (χ1n) is 16.4. The second-order valence-electron chi connectivity index (χ2n) is 12.6. The fourth-order valence-electron chi connectivity index (χ4n) is 6.06. The Kier molecular flexibility index (Phi) is 12.2. The standard InChI is InChI=1S/C35H42N6O7S2/c1-24(2)33(41-16-15-39(35(41)44)20-28-23-49-25(3)37-28)34(43)38-31(18-26-8-5-4-6-9-26)32(42)22-40(21-29-10-7-17-48-29)50(46,47)30-13-11-27(12-14-30)19-36-45/h4-14,17,23-24,31-33,42H,15-16,18-22H2,1-3H3,(H,38,43)/t31-,32+,33-/m0/s1. The van der Waals surface area contributed by atoms with E-state index in [1.807, 2.05) is 56.5 Å². The average Bonchev–Trinajstić information content (AvgIpc) is 3.84. The predicted molar refractivity (Wildman–Crippen MR) is 188 cm³/mol. The van der Waals surface area contributed by atoms with Crippen LogP contribution in [-0.4, -0.2) is 82.4 Å². The van der Waals surface area contributed by atoms with Gasteiger partial charge in [-0.15, -0.1) is 11.3 Å². The summed E-state index contributed by atoms with van der Waals surface area (Å²) in [6.45, 7) is 6.10. The van der Waals surface area contributed by atoms with Crippen LogP contribution < -0.4 is 5.32 Å². The van der Waals surface area contributed by atoms with Crippen molar-refractivity contribution in [3.8, 4) is 0 Å². The van der Waals surface area contributed by atoms with Gasteiger partial charge in [0.15, 0.2) is 0 Å². The number of aliphatic hydroxyl groups is 1. The summed E-state index contributed by atoms with van der Waals surface area (Å²) in [5.74, 6) is -0.348. The molecule has 2 aromatic heterocycles. The zero-order valence-electron chi connectivity index (χ0n) is 28.2. The van der Waals surface area contributed by atoms with Crippen LogP contribution in [0.15, 0.2) is 92.9 Å². The molecule has 4 aromatic rings. The molecule has 0 saturated carbocycles. The lowest BCUT2D eigenvalue weighted by molar-refractivity contribution is -0.128. The molecule has 15 heteroatoms. The Hall–Kier alpha value is -4.44. The molecule has 1 saturated heterocycles. The maximum Gasteiger partial charge on any atom is 0.321 e. The third-order valence-corrected chi connectivity index (χ3v) is 11.2. The van der Waals surface area contributed by atoms with Gasteiger partial charge in [0.2, 0.25) is 15.9 Å². The minimum atomic E-state index is -4.19. The number of carbonyl (C=O) groups excluding carboxylic acids is 2. The molecule has 0 bridgehead atoms. The van der Waals surface area contributed by atoms with Gasteiger partial charge in [-0.1, -0.05) is 61.5 Å². The molecule has 50 heavy (non-hydrogen) atoms. The van der Waals surface area contributed by atoms with Crippen LogP contribution in [0.2, 0.25) is 0 Å². The summed E-state index contributed by atoms with van der Waals surface area (Å²) in [5, 5.41) is 20.5. The minimum absolute atomic E-state index is 0.0423. The molecule has 3 heterocycles. The molecule has 2 N–H and O–H groups in total. The topological polar surface area (TPSA) is 166 Å². The molecule has 1 aliphatic heterocycles. The second kappa shape index (κ2) is 16.5. The summed E-state index contributed by atoms with van der Waals surface area (Å²) < 4.78 is 34.5. The SMILES string of the molecule is Cc1nc(CN2CCN([C@H](C(=O)N[C@@H](Cc3ccccc3)[C@H](O)CN(Cc3ccco3)S(=O)(=O)c3ccc(CN=O)cc3)C(C)C)C2=O)cs1. The van der Waals surface area contributed by atoms with Crippen molar-refractivity contribution in [3.05, 3.63) is 111 Å². The van der Waals surface area contributed by atoms with E-state index in [9.17, 15) is 28.0 Å². The van der Waals surface area contributed by atoms with E-state index in [2.05, 4.69) is 15.5 Å². The second-order valence-corrected chi connectivity index (χ2v) is 15.6. The van der Waals surface area contributed by atoms with Crippen LogP contribution in [-0.2, 0) is 40.9 Å². The molecule has 0 spiro atoms. The molecule has 0 radical (unpaired) electrons. The van der Waals surface area contributed by atoms with E-state index < -0.39 is 34.1 Å². The number of hydrogen-bond donors (Lipinski definition) is 2. The van der Waals surface area contributed by atoms with Crippen molar-refractivity contribution in [1.82, 2.24) is 24.4 Å². The van der Waals surface area contributed by atoms with Gasteiger partial charge >= 0.3 is 6.03 Å². The normalized spacial score (nSPS) is 15.4. The first-order chi connectivity index (χ1) is 24.0. The maximum absolute atomic E-state index is 14.1. The molecule has 3 atom stereocenters. The number of carbonyl (C=O) groups is 2. The largest absolute Gasteiger partial charge is 0.468 e. The number of thiazole rings is 1. The first kappa shape index (κ1) is 36.8. The lowest BCUT2D eigenvalue weighted by Crippen LogP contribution is -2.57. The third kappa shape index (κ3) is 9.01. The van der Waals surface area contributed by atoms with Crippen LogP contribution >= 0.6 is 11.3 Å². The number of sulfonamides is 1. The molecule has 5 rings (SSSR count).